The summed E-state index contributed by atoms with van der Waals surface area (Å²) < 4.78 is 10.6. The van der Waals surface area contributed by atoms with Gasteiger partial charge in [0.05, 0.1) is 13.2 Å². The van der Waals surface area contributed by atoms with E-state index in [9.17, 15) is 0 Å². The number of hydrogen-bond acceptors (Lipinski definition) is 2. The molecule has 0 rings (SSSR count). The van der Waals surface area contributed by atoms with Crippen molar-refractivity contribution in [3.63, 3.8) is 0 Å². The standard InChI is InChI=1S/C7H15O2P/c1-4-7-10(8-5-2)9-6-3/h4,7H,5-6H2,1-3H3/b7-4+. The van der Waals surface area contributed by atoms with Gasteiger partial charge in [-0.2, -0.15) is 0 Å². The van der Waals surface area contributed by atoms with E-state index in [-0.39, 0.29) is 0 Å². The molecule has 0 aromatic carbocycles. The molecule has 0 aliphatic carbocycles. The Balaban J connectivity index is 3.50. The van der Waals surface area contributed by atoms with Crippen LogP contribution in [0.4, 0.5) is 0 Å². The summed E-state index contributed by atoms with van der Waals surface area (Å²) in [5.74, 6) is 1.96. The van der Waals surface area contributed by atoms with Crippen molar-refractivity contribution in [1.29, 1.82) is 0 Å². The topological polar surface area (TPSA) is 18.5 Å². The predicted molar refractivity (Wildman–Crippen MR) is 45.0 cm³/mol. The van der Waals surface area contributed by atoms with Crippen LogP contribution in [0.15, 0.2) is 11.9 Å². The van der Waals surface area contributed by atoms with Crippen molar-refractivity contribution in [2.75, 3.05) is 13.2 Å². The first kappa shape index (κ1) is 10.1. The van der Waals surface area contributed by atoms with Gasteiger partial charge in [-0.05, 0) is 26.6 Å². The molecule has 0 aromatic rings. The van der Waals surface area contributed by atoms with Crippen molar-refractivity contribution < 1.29 is 9.05 Å². The first-order chi connectivity index (χ1) is 4.85. The summed E-state index contributed by atoms with van der Waals surface area (Å²) >= 11 is 0. The highest BCUT2D eigenvalue weighted by Gasteiger charge is 2.00. The molecule has 0 spiro atoms. The zero-order chi connectivity index (χ0) is 7.82. The molecule has 10 heavy (non-hydrogen) atoms. The monoisotopic (exact) mass is 162 g/mol. The molecule has 0 heterocycles. The van der Waals surface area contributed by atoms with Crippen molar-refractivity contribution in [1.82, 2.24) is 0 Å². The molecule has 60 valence electrons. The molecule has 0 atom stereocenters. The van der Waals surface area contributed by atoms with Gasteiger partial charge in [-0.3, -0.25) is 0 Å². The fraction of sp³-hybridized carbons (Fsp3) is 0.714. The molecular formula is C7H15O2P. The summed E-state index contributed by atoms with van der Waals surface area (Å²) in [6.45, 7) is 7.34. The van der Waals surface area contributed by atoms with Gasteiger partial charge in [-0.1, -0.05) is 6.08 Å². The maximum Gasteiger partial charge on any atom is 0.196 e. The maximum atomic E-state index is 5.28. The molecular weight excluding hydrogens is 147 g/mol. The smallest absolute Gasteiger partial charge is 0.196 e. The Morgan fingerprint density at radius 2 is 1.70 bits per heavy atom. The number of hydrogen-bond donors (Lipinski definition) is 0. The quantitative estimate of drug-likeness (QED) is 0.578. The summed E-state index contributed by atoms with van der Waals surface area (Å²) in [4.78, 5) is 0. The lowest BCUT2D eigenvalue weighted by Gasteiger charge is -2.09. The van der Waals surface area contributed by atoms with Crippen molar-refractivity contribution in [3.05, 3.63) is 11.9 Å². The van der Waals surface area contributed by atoms with Gasteiger partial charge in [0.2, 0.25) is 0 Å². The summed E-state index contributed by atoms with van der Waals surface area (Å²) in [5.41, 5.74) is 0. The molecule has 0 N–H and O–H groups in total. The number of rotatable bonds is 5. The Bertz CT molecular complexity index is 87.6. The largest absolute Gasteiger partial charge is 0.331 e. The molecule has 3 heteroatoms. The Labute approximate surface area is 64.1 Å². The highest BCUT2D eigenvalue weighted by Crippen LogP contribution is 2.39. The van der Waals surface area contributed by atoms with Gasteiger partial charge in [0.15, 0.2) is 8.38 Å². The molecule has 0 aliphatic heterocycles. The van der Waals surface area contributed by atoms with Crippen LogP contribution in [0.5, 0.6) is 0 Å². The highest BCUT2D eigenvalue weighted by atomic mass is 31.2. The summed E-state index contributed by atoms with van der Waals surface area (Å²) in [7, 11) is -0.742. The fourth-order valence-corrected chi connectivity index (χ4v) is 1.50. The average Bonchev–Trinajstić information content (AvgIpc) is 1.90. The maximum absolute atomic E-state index is 5.28. The van der Waals surface area contributed by atoms with E-state index in [1.807, 2.05) is 32.7 Å². The average molecular weight is 162 g/mol. The van der Waals surface area contributed by atoms with E-state index >= 15 is 0 Å². The van der Waals surface area contributed by atoms with Crippen molar-refractivity contribution >= 4 is 8.38 Å². The normalized spacial score (nSPS) is 11.6. The van der Waals surface area contributed by atoms with Crippen LogP contribution in [0.3, 0.4) is 0 Å². The van der Waals surface area contributed by atoms with Gasteiger partial charge in [-0.25, -0.2) is 0 Å². The van der Waals surface area contributed by atoms with Gasteiger partial charge in [0.1, 0.15) is 0 Å². The van der Waals surface area contributed by atoms with Crippen LogP contribution in [0, 0.1) is 0 Å². The van der Waals surface area contributed by atoms with E-state index in [0.717, 1.165) is 13.2 Å². The summed E-state index contributed by atoms with van der Waals surface area (Å²) in [6.07, 6.45) is 1.96. The second-order valence-electron chi connectivity index (χ2n) is 1.60. The highest BCUT2D eigenvalue weighted by molar-refractivity contribution is 7.50. The third kappa shape index (κ3) is 4.92. The molecule has 0 unspecified atom stereocenters. The van der Waals surface area contributed by atoms with Crippen LogP contribution in [0.1, 0.15) is 20.8 Å². The van der Waals surface area contributed by atoms with Crippen molar-refractivity contribution in [2.45, 2.75) is 20.8 Å². The first-order valence-electron chi connectivity index (χ1n) is 3.53. The molecule has 0 radical (unpaired) electrons. The second kappa shape index (κ2) is 7.20. The first-order valence-corrected chi connectivity index (χ1v) is 4.77. The van der Waals surface area contributed by atoms with Gasteiger partial charge < -0.3 is 9.05 Å². The third-order valence-electron chi connectivity index (χ3n) is 0.783. The van der Waals surface area contributed by atoms with Crippen LogP contribution in [0.2, 0.25) is 0 Å². The van der Waals surface area contributed by atoms with E-state index < -0.39 is 8.38 Å². The minimum absolute atomic E-state index is 0.718. The zero-order valence-electron chi connectivity index (χ0n) is 6.83. The second-order valence-corrected chi connectivity index (χ2v) is 2.99. The fourth-order valence-electron chi connectivity index (χ4n) is 0.500. The molecule has 0 saturated carbocycles. The number of allylic oxidation sites excluding steroid dienone is 1. The van der Waals surface area contributed by atoms with E-state index in [4.69, 9.17) is 9.05 Å². The van der Waals surface area contributed by atoms with Gasteiger partial charge in [0, 0.05) is 0 Å². The summed E-state index contributed by atoms with van der Waals surface area (Å²) in [6, 6.07) is 0. The SMILES string of the molecule is C/C=C/P(OCC)OCC. The molecule has 0 fully saturated rings. The predicted octanol–water partition coefficient (Wildman–Crippen LogP) is 2.90. The van der Waals surface area contributed by atoms with Crippen LogP contribution >= 0.6 is 8.38 Å². The minimum Gasteiger partial charge on any atom is -0.331 e. The van der Waals surface area contributed by atoms with Crippen LogP contribution in [-0.4, -0.2) is 13.2 Å². The lowest BCUT2D eigenvalue weighted by atomic mass is 10.8. The van der Waals surface area contributed by atoms with Crippen LogP contribution < -0.4 is 0 Å². The molecule has 0 saturated heterocycles. The van der Waals surface area contributed by atoms with Crippen LogP contribution in [0.25, 0.3) is 0 Å². The minimum atomic E-state index is -0.742. The van der Waals surface area contributed by atoms with Gasteiger partial charge in [-0.15, -0.1) is 0 Å². The van der Waals surface area contributed by atoms with Crippen molar-refractivity contribution in [2.24, 2.45) is 0 Å². The molecule has 2 nitrogen and oxygen atoms in total. The molecule has 0 aliphatic rings. The van der Waals surface area contributed by atoms with Crippen LogP contribution in [-0.2, 0) is 9.05 Å². The molecule has 0 amide bonds. The van der Waals surface area contributed by atoms with E-state index in [0.29, 0.717) is 0 Å². The van der Waals surface area contributed by atoms with E-state index in [1.165, 1.54) is 0 Å². The molecule has 0 bridgehead atoms. The van der Waals surface area contributed by atoms with E-state index in [1.54, 1.807) is 0 Å². The van der Waals surface area contributed by atoms with E-state index in [2.05, 4.69) is 0 Å². The summed E-state index contributed by atoms with van der Waals surface area (Å²) in [5, 5.41) is 0. The zero-order valence-corrected chi connectivity index (χ0v) is 7.73. The van der Waals surface area contributed by atoms with Gasteiger partial charge >= 0.3 is 0 Å². The van der Waals surface area contributed by atoms with Gasteiger partial charge in [0.25, 0.3) is 0 Å². The Kier molecular flexibility index (Phi) is 7.26. The Morgan fingerprint density at radius 1 is 1.20 bits per heavy atom. The Morgan fingerprint density at radius 3 is 2.00 bits per heavy atom. The molecule has 0 aromatic heterocycles. The third-order valence-corrected chi connectivity index (χ3v) is 2.35. The lowest BCUT2D eigenvalue weighted by molar-refractivity contribution is 0.276. The Hall–Kier alpha value is 0.0900. The lowest BCUT2D eigenvalue weighted by Crippen LogP contribution is -1.86. The van der Waals surface area contributed by atoms with Crippen molar-refractivity contribution in [3.8, 4) is 0 Å².